The van der Waals surface area contributed by atoms with Crippen LogP contribution in [0.5, 0.6) is 0 Å². The Kier molecular flexibility index (Phi) is 6.66. The van der Waals surface area contributed by atoms with Crippen LogP contribution in [0.15, 0.2) is 24.3 Å². The third kappa shape index (κ3) is 5.17. The van der Waals surface area contributed by atoms with Crippen LogP contribution in [0.25, 0.3) is 0 Å². The molecular formula is C14H23NO. The minimum atomic E-state index is 0.778. The van der Waals surface area contributed by atoms with Crippen LogP contribution in [0.2, 0.25) is 0 Å². The number of rotatable bonds is 8. The van der Waals surface area contributed by atoms with Crippen molar-refractivity contribution in [2.75, 3.05) is 18.9 Å². The lowest BCUT2D eigenvalue weighted by molar-refractivity contribution is 0.133. The second-order valence-electron chi connectivity index (χ2n) is 4.12. The minimum absolute atomic E-state index is 0.778. The lowest BCUT2D eigenvalue weighted by Gasteiger charge is -2.06. The fraction of sp³-hybridized carbons (Fsp3) is 0.571. The first kappa shape index (κ1) is 13.0. The smallest absolute Gasteiger partial charge is 0.0507 e. The third-order valence-corrected chi connectivity index (χ3v) is 2.71. The first-order valence-electron chi connectivity index (χ1n) is 6.25. The topological polar surface area (TPSA) is 35.2 Å². The van der Waals surface area contributed by atoms with Crippen molar-refractivity contribution in [3.8, 4) is 0 Å². The summed E-state index contributed by atoms with van der Waals surface area (Å²) in [6.07, 6.45) is 5.97. The molecule has 0 amide bonds. The van der Waals surface area contributed by atoms with Crippen LogP contribution >= 0.6 is 0 Å². The Balaban J connectivity index is 2.05. The van der Waals surface area contributed by atoms with E-state index in [0.717, 1.165) is 25.3 Å². The average molecular weight is 221 g/mol. The van der Waals surface area contributed by atoms with E-state index in [9.17, 15) is 0 Å². The summed E-state index contributed by atoms with van der Waals surface area (Å²) >= 11 is 0. The summed E-state index contributed by atoms with van der Waals surface area (Å²) in [5.41, 5.74) is 7.91. The number of unbranched alkanes of at least 4 members (excludes halogenated alkanes) is 3. The van der Waals surface area contributed by atoms with Gasteiger partial charge in [0.1, 0.15) is 0 Å². The zero-order valence-electron chi connectivity index (χ0n) is 10.2. The molecule has 0 atom stereocenters. The Morgan fingerprint density at radius 3 is 2.62 bits per heavy atom. The molecule has 2 heteroatoms. The molecule has 2 nitrogen and oxygen atoms in total. The second kappa shape index (κ2) is 8.17. The first-order chi connectivity index (χ1) is 7.84. The molecule has 0 aliphatic carbocycles. The molecule has 90 valence electrons. The first-order valence-corrected chi connectivity index (χ1v) is 6.25. The SMILES string of the molecule is CCCCCCOCCc1ccccc1N. The van der Waals surface area contributed by atoms with Gasteiger partial charge in [-0.25, -0.2) is 0 Å². The van der Waals surface area contributed by atoms with Gasteiger partial charge >= 0.3 is 0 Å². The second-order valence-corrected chi connectivity index (χ2v) is 4.12. The monoisotopic (exact) mass is 221 g/mol. The van der Waals surface area contributed by atoms with Gasteiger partial charge in [0.25, 0.3) is 0 Å². The summed E-state index contributed by atoms with van der Waals surface area (Å²) in [4.78, 5) is 0. The summed E-state index contributed by atoms with van der Waals surface area (Å²) in [5.74, 6) is 0. The van der Waals surface area contributed by atoms with Gasteiger partial charge in [0.15, 0.2) is 0 Å². The van der Waals surface area contributed by atoms with Crippen molar-refractivity contribution in [2.24, 2.45) is 0 Å². The summed E-state index contributed by atoms with van der Waals surface area (Å²) in [6.45, 7) is 3.88. The summed E-state index contributed by atoms with van der Waals surface area (Å²) in [6, 6.07) is 7.99. The Morgan fingerprint density at radius 2 is 1.88 bits per heavy atom. The molecule has 1 rings (SSSR count). The lowest BCUT2D eigenvalue weighted by atomic mass is 10.1. The zero-order chi connectivity index (χ0) is 11.6. The van der Waals surface area contributed by atoms with E-state index < -0.39 is 0 Å². The fourth-order valence-electron chi connectivity index (χ4n) is 1.68. The number of ether oxygens (including phenoxy) is 1. The molecular weight excluding hydrogens is 198 g/mol. The number of hydrogen-bond acceptors (Lipinski definition) is 2. The Hall–Kier alpha value is -1.02. The van der Waals surface area contributed by atoms with Crippen molar-refractivity contribution < 1.29 is 4.74 Å². The van der Waals surface area contributed by atoms with Crippen molar-refractivity contribution in [3.05, 3.63) is 29.8 Å². The molecule has 0 aromatic heterocycles. The molecule has 0 aliphatic rings. The molecule has 0 saturated heterocycles. The van der Waals surface area contributed by atoms with Gasteiger partial charge in [0.05, 0.1) is 6.61 Å². The maximum absolute atomic E-state index is 5.85. The fourth-order valence-corrected chi connectivity index (χ4v) is 1.68. The number of hydrogen-bond donors (Lipinski definition) is 1. The normalized spacial score (nSPS) is 10.6. The Labute approximate surface area is 98.8 Å². The molecule has 0 saturated carbocycles. The van der Waals surface area contributed by atoms with E-state index in [4.69, 9.17) is 10.5 Å². The number of nitrogen functional groups attached to an aromatic ring is 1. The van der Waals surface area contributed by atoms with E-state index in [1.54, 1.807) is 0 Å². The van der Waals surface area contributed by atoms with Crippen LogP contribution in [-0.2, 0) is 11.2 Å². The van der Waals surface area contributed by atoms with Crippen molar-refractivity contribution in [3.63, 3.8) is 0 Å². The van der Waals surface area contributed by atoms with E-state index in [1.807, 2.05) is 18.2 Å². The zero-order valence-corrected chi connectivity index (χ0v) is 10.2. The van der Waals surface area contributed by atoms with Crippen molar-refractivity contribution in [2.45, 2.75) is 39.0 Å². The molecule has 0 fully saturated rings. The molecule has 0 bridgehead atoms. The molecule has 1 aromatic carbocycles. The summed E-state index contributed by atoms with van der Waals surface area (Å²) in [7, 11) is 0. The van der Waals surface area contributed by atoms with Gasteiger partial charge in [-0.3, -0.25) is 0 Å². The van der Waals surface area contributed by atoms with Gasteiger partial charge in [-0.2, -0.15) is 0 Å². The van der Waals surface area contributed by atoms with Crippen LogP contribution in [0.3, 0.4) is 0 Å². The number of anilines is 1. The maximum atomic E-state index is 5.85. The lowest BCUT2D eigenvalue weighted by Crippen LogP contribution is -2.02. The van der Waals surface area contributed by atoms with Gasteiger partial charge in [0.2, 0.25) is 0 Å². The van der Waals surface area contributed by atoms with Gasteiger partial charge in [-0.05, 0) is 24.5 Å². The average Bonchev–Trinajstić information content (AvgIpc) is 2.30. The minimum Gasteiger partial charge on any atom is -0.399 e. The van der Waals surface area contributed by atoms with Crippen molar-refractivity contribution in [1.29, 1.82) is 0 Å². The highest BCUT2D eigenvalue weighted by molar-refractivity contribution is 5.46. The summed E-state index contributed by atoms with van der Waals surface area (Å²) < 4.78 is 5.58. The largest absolute Gasteiger partial charge is 0.399 e. The predicted octanol–water partition coefficient (Wildman–Crippen LogP) is 3.41. The van der Waals surface area contributed by atoms with Gasteiger partial charge in [0, 0.05) is 12.3 Å². The molecule has 16 heavy (non-hydrogen) atoms. The van der Waals surface area contributed by atoms with E-state index in [-0.39, 0.29) is 0 Å². The van der Waals surface area contributed by atoms with E-state index in [1.165, 1.54) is 31.2 Å². The highest BCUT2D eigenvalue weighted by Crippen LogP contribution is 2.11. The standard InChI is InChI=1S/C14H23NO/c1-2-3-4-7-11-16-12-10-13-8-5-6-9-14(13)15/h5-6,8-9H,2-4,7,10-12,15H2,1H3. The highest BCUT2D eigenvalue weighted by Gasteiger charge is 1.97. The Bertz CT molecular complexity index is 286. The number of para-hydroxylation sites is 1. The van der Waals surface area contributed by atoms with Crippen LogP contribution in [0.4, 0.5) is 5.69 Å². The molecule has 0 spiro atoms. The molecule has 0 heterocycles. The number of nitrogens with two attached hydrogens (primary N) is 1. The van der Waals surface area contributed by atoms with Gasteiger partial charge < -0.3 is 10.5 Å². The van der Waals surface area contributed by atoms with E-state index in [0.29, 0.717) is 0 Å². The molecule has 0 radical (unpaired) electrons. The van der Waals surface area contributed by atoms with E-state index in [2.05, 4.69) is 13.0 Å². The van der Waals surface area contributed by atoms with Gasteiger partial charge in [-0.1, -0.05) is 44.4 Å². The Morgan fingerprint density at radius 1 is 1.06 bits per heavy atom. The van der Waals surface area contributed by atoms with Crippen LogP contribution < -0.4 is 5.73 Å². The molecule has 2 N–H and O–H groups in total. The van der Waals surface area contributed by atoms with E-state index >= 15 is 0 Å². The van der Waals surface area contributed by atoms with Gasteiger partial charge in [-0.15, -0.1) is 0 Å². The maximum Gasteiger partial charge on any atom is 0.0507 e. The predicted molar refractivity (Wildman–Crippen MR) is 69.5 cm³/mol. The van der Waals surface area contributed by atoms with Crippen LogP contribution in [-0.4, -0.2) is 13.2 Å². The summed E-state index contributed by atoms with van der Waals surface area (Å²) in [5, 5.41) is 0. The molecule has 0 unspecified atom stereocenters. The van der Waals surface area contributed by atoms with Crippen LogP contribution in [0, 0.1) is 0 Å². The number of benzene rings is 1. The van der Waals surface area contributed by atoms with Crippen molar-refractivity contribution in [1.82, 2.24) is 0 Å². The quantitative estimate of drug-likeness (QED) is 0.539. The highest BCUT2D eigenvalue weighted by atomic mass is 16.5. The molecule has 1 aromatic rings. The molecule has 0 aliphatic heterocycles. The van der Waals surface area contributed by atoms with Crippen LogP contribution in [0.1, 0.15) is 38.2 Å². The van der Waals surface area contributed by atoms with Crippen molar-refractivity contribution >= 4 is 5.69 Å². The third-order valence-electron chi connectivity index (χ3n) is 2.71.